The van der Waals surface area contributed by atoms with Crippen molar-refractivity contribution in [3.8, 4) is 0 Å². The molecule has 1 aromatic heterocycles. The minimum absolute atomic E-state index is 0.0158. The molecule has 0 spiro atoms. The Balaban J connectivity index is 1.42. The first-order valence-electron chi connectivity index (χ1n) is 12.0. The van der Waals surface area contributed by atoms with Gasteiger partial charge in [-0.1, -0.05) is 30.3 Å². The van der Waals surface area contributed by atoms with Crippen LogP contribution >= 0.6 is 0 Å². The van der Waals surface area contributed by atoms with Crippen LogP contribution in [-0.4, -0.2) is 59.0 Å². The molecule has 174 valence electrons. The highest BCUT2D eigenvalue weighted by atomic mass is 16.5. The monoisotopic (exact) mass is 439 g/mol. The summed E-state index contributed by atoms with van der Waals surface area (Å²) in [6.07, 6.45) is 8.48. The van der Waals surface area contributed by atoms with Crippen LogP contribution in [0, 0.1) is 0 Å². The highest BCUT2D eigenvalue weighted by Gasteiger charge is 2.42. The molecule has 1 amide bonds. The van der Waals surface area contributed by atoms with E-state index in [-0.39, 0.29) is 24.0 Å². The number of carbonyl (C=O) groups is 1. The van der Waals surface area contributed by atoms with Gasteiger partial charge in [-0.3, -0.25) is 9.89 Å². The lowest BCUT2D eigenvalue weighted by Crippen LogP contribution is -2.56. The fraction of sp³-hybridized carbons (Fsp3) is 0.615. The molecular formula is C26H37N3O3. The van der Waals surface area contributed by atoms with Crippen molar-refractivity contribution in [1.29, 1.82) is 0 Å². The van der Waals surface area contributed by atoms with Gasteiger partial charge in [0.05, 0.1) is 18.8 Å². The van der Waals surface area contributed by atoms with Crippen molar-refractivity contribution in [3.05, 3.63) is 53.9 Å². The van der Waals surface area contributed by atoms with E-state index in [9.17, 15) is 4.79 Å². The van der Waals surface area contributed by atoms with Crippen molar-refractivity contribution in [2.24, 2.45) is 0 Å². The molecule has 2 aliphatic rings. The Morgan fingerprint density at radius 2 is 1.88 bits per heavy atom. The number of piperidine rings is 1. The van der Waals surface area contributed by atoms with E-state index in [4.69, 9.17) is 9.47 Å². The standard InChI is InChI=1S/C26H37N3O3/c1-26(2,31-3)25(30)29-17-7-10-22(23-15-16-27-28-23)24(29)18-32-21-13-11-20(12-14-21)19-8-5-4-6-9-19/h4-6,8-9,15-16,20-22,24H,7,10-14,17-18H2,1-3H3,(H,27,28)/t20?,21?,22-,24+/m1/s1. The van der Waals surface area contributed by atoms with Gasteiger partial charge in [0.2, 0.25) is 0 Å². The molecule has 1 aliphatic heterocycles. The maximum absolute atomic E-state index is 13.3. The van der Waals surface area contributed by atoms with Gasteiger partial charge < -0.3 is 14.4 Å². The van der Waals surface area contributed by atoms with Gasteiger partial charge in [-0.05, 0) is 69.9 Å². The quantitative estimate of drug-likeness (QED) is 0.682. The average Bonchev–Trinajstić information content (AvgIpc) is 3.38. The van der Waals surface area contributed by atoms with Crippen LogP contribution in [0.15, 0.2) is 42.6 Å². The molecule has 1 N–H and O–H groups in total. The van der Waals surface area contributed by atoms with Crippen LogP contribution in [0.4, 0.5) is 0 Å². The van der Waals surface area contributed by atoms with Crippen molar-refractivity contribution < 1.29 is 14.3 Å². The largest absolute Gasteiger partial charge is 0.376 e. The number of amides is 1. The fourth-order valence-electron chi connectivity index (χ4n) is 5.31. The molecular weight excluding hydrogens is 402 g/mol. The van der Waals surface area contributed by atoms with Crippen LogP contribution in [0.3, 0.4) is 0 Å². The predicted octanol–water partition coefficient (Wildman–Crippen LogP) is 4.65. The van der Waals surface area contributed by atoms with Crippen LogP contribution in [-0.2, 0) is 14.3 Å². The highest BCUT2D eigenvalue weighted by Crippen LogP contribution is 2.36. The first-order valence-corrected chi connectivity index (χ1v) is 12.0. The van der Waals surface area contributed by atoms with Gasteiger partial charge in [-0.2, -0.15) is 5.10 Å². The number of hydrogen-bond acceptors (Lipinski definition) is 4. The van der Waals surface area contributed by atoms with Gasteiger partial charge in [-0.25, -0.2) is 0 Å². The van der Waals surface area contributed by atoms with Crippen molar-refractivity contribution >= 4 is 5.91 Å². The molecule has 32 heavy (non-hydrogen) atoms. The SMILES string of the molecule is COC(C)(C)C(=O)N1CCC[C@H](c2ccn[nH]2)[C@@H]1COC1CCC(c2ccccc2)CC1. The molecule has 6 nitrogen and oxygen atoms in total. The number of benzene rings is 1. The zero-order valence-electron chi connectivity index (χ0n) is 19.6. The predicted molar refractivity (Wildman–Crippen MR) is 125 cm³/mol. The summed E-state index contributed by atoms with van der Waals surface area (Å²) in [5.41, 5.74) is 1.68. The number of methoxy groups -OCH3 is 1. The molecule has 2 fully saturated rings. The molecule has 1 saturated heterocycles. The van der Waals surface area contributed by atoms with Crippen LogP contribution in [0.25, 0.3) is 0 Å². The number of ether oxygens (including phenoxy) is 2. The van der Waals surface area contributed by atoms with E-state index in [1.807, 2.05) is 24.8 Å². The maximum Gasteiger partial charge on any atom is 0.254 e. The number of nitrogens with one attached hydrogen (secondary N) is 1. The molecule has 4 rings (SSSR count). The van der Waals surface area contributed by atoms with Crippen molar-refractivity contribution in [3.63, 3.8) is 0 Å². The third-order valence-corrected chi connectivity index (χ3v) is 7.43. The molecule has 1 saturated carbocycles. The Bertz CT molecular complexity index is 844. The molecule has 2 aromatic rings. The van der Waals surface area contributed by atoms with Gasteiger partial charge in [0.15, 0.2) is 0 Å². The van der Waals surface area contributed by atoms with E-state index in [1.54, 1.807) is 13.3 Å². The van der Waals surface area contributed by atoms with Gasteiger partial charge in [-0.15, -0.1) is 0 Å². The van der Waals surface area contributed by atoms with Gasteiger partial charge in [0.1, 0.15) is 5.60 Å². The summed E-state index contributed by atoms with van der Waals surface area (Å²) in [5, 5.41) is 7.30. The van der Waals surface area contributed by atoms with E-state index in [1.165, 1.54) is 5.56 Å². The molecule has 2 heterocycles. The molecule has 0 bridgehead atoms. The fourth-order valence-corrected chi connectivity index (χ4v) is 5.31. The number of rotatable bonds is 7. The number of likely N-dealkylation sites (tertiary alicyclic amines) is 1. The van der Waals surface area contributed by atoms with E-state index in [0.717, 1.165) is 50.8 Å². The molecule has 0 unspecified atom stereocenters. The number of H-pyrrole nitrogens is 1. The summed E-state index contributed by atoms with van der Waals surface area (Å²) >= 11 is 0. The minimum atomic E-state index is -0.845. The Labute approximate surface area is 191 Å². The summed E-state index contributed by atoms with van der Waals surface area (Å²) < 4.78 is 12.0. The molecule has 6 heteroatoms. The second kappa shape index (κ2) is 10.2. The topological polar surface area (TPSA) is 67.5 Å². The number of nitrogens with zero attached hydrogens (tertiary/aromatic N) is 2. The summed E-state index contributed by atoms with van der Waals surface area (Å²) in [7, 11) is 1.60. The van der Waals surface area contributed by atoms with Crippen molar-refractivity contribution in [2.45, 2.75) is 82.0 Å². The number of aromatic amines is 1. The lowest BCUT2D eigenvalue weighted by molar-refractivity contribution is -0.158. The smallest absolute Gasteiger partial charge is 0.254 e. The highest BCUT2D eigenvalue weighted by molar-refractivity contribution is 5.85. The summed E-state index contributed by atoms with van der Waals surface area (Å²) in [6, 6.07) is 12.8. The number of carbonyl (C=O) groups excluding carboxylic acids is 1. The number of hydrogen-bond donors (Lipinski definition) is 1. The lowest BCUT2D eigenvalue weighted by Gasteiger charge is -2.44. The third kappa shape index (κ3) is 5.07. The van der Waals surface area contributed by atoms with Crippen LogP contribution in [0.5, 0.6) is 0 Å². The average molecular weight is 440 g/mol. The van der Waals surface area contributed by atoms with E-state index < -0.39 is 5.60 Å². The third-order valence-electron chi connectivity index (χ3n) is 7.43. The zero-order chi connectivity index (χ0) is 22.6. The van der Waals surface area contributed by atoms with Gasteiger partial charge in [0, 0.05) is 31.5 Å². The van der Waals surface area contributed by atoms with Crippen LogP contribution in [0.2, 0.25) is 0 Å². The molecule has 0 radical (unpaired) electrons. The Morgan fingerprint density at radius 3 is 2.53 bits per heavy atom. The van der Waals surface area contributed by atoms with E-state index in [2.05, 4.69) is 40.5 Å². The molecule has 2 atom stereocenters. The first-order chi connectivity index (χ1) is 15.5. The van der Waals surface area contributed by atoms with Gasteiger partial charge in [0.25, 0.3) is 5.91 Å². The van der Waals surface area contributed by atoms with E-state index >= 15 is 0 Å². The van der Waals surface area contributed by atoms with Crippen molar-refractivity contribution in [1.82, 2.24) is 15.1 Å². The Morgan fingerprint density at radius 1 is 1.12 bits per heavy atom. The van der Waals surface area contributed by atoms with Gasteiger partial charge >= 0.3 is 0 Å². The second-order valence-electron chi connectivity index (χ2n) is 9.76. The normalized spacial score (nSPS) is 26.8. The second-order valence-corrected chi connectivity index (χ2v) is 9.76. The Kier molecular flexibility index (Phi) is 7.31. The summed E-state index contributed by atoms with van der Waals surface area (Å²) in [4.78, 5) is 15.3. The summed E-state index contributed by atoms with van der Waals surface area (Å²) in [6.45, 7) is 4.98. The van der Waals surface area contributed by atoms with Crippen LogP contribution in [0.1, 0.15) is 75.5 Å². The molecule has 1 aliphatic carbocycles. The number of aromatic nitrogens is 2. The molecule has 1 aromatic carbocycles. The van der Waals surface area contributed by atoms with Crippen molar-refractivity contribution in [2.75, 3.05) is 20.3 Å². The maximum atomic E-state index is 13.3. The van der Waals surface area contributed by atoms with Crippen LogP contribution < -0.4 is 0 Å². The summed E-state index contributed by atoms with van der Waals surface area (Å²) in [5.74, 6) is 0.859. The zero-order valence-corrected chi connectivity index (χ0v) is 19.6. The van der Waals surface area contributed by atoms with E-state index in [0.29, 0.717) is 12.5 Å². The first kappa shape index (κ1) is 23.0. The Hall–Kier alpha value is -2.18. The minimum Gasteiger partial charge on any atom is -0.376 e. The lowest BCUT2D eigenvalue weighted by atomic mass is 9.82.